The van der Waals surface area contributed by atoms with E-state index in [2.05, 4.69) is 12.2 Å². The van der Waals surface area contributed by atoms with Gasteiger partial charge in [-0.1, -0.05) is 24.3 Å². The second-order valence-electron chi connectivity index (χ2n) is 4.67. The molecule has 0 aromatic heterocycles. The summed E-state index contributed by atoms with van der Waals surface area (Å²) in [7, 11) is 1.40. The van der Waals surface area contributed by atoms with Gasteiger partial charge in [0.2, 0.25) is 0 Å². The van der Waals surface area contributed by atoms with E-state index in [1.165, 1.54) is 7.11 Å². The van der Waals surface area contributed by atoms with Gasteiger partial charge in [-0.2, -0.15) is 0 Å². The molecule has 0 aliphatic rings. The number of methoxy groups -OCH3 is 1. The summed E-state index contributed by atoms with van der Waals surface area (Å²) in [5.41, 5.74) is 2.11. The molecule has 0 saturated heterocycles. The van der Waals surface area contributed by atoms with Gasteiger partial charge in [-0.25, -0.2) is 0 Å². The van der Waals surface area contributed by atoms with Gasteiger partial charge in [0.1, 0.15) is 0 Å². The van der Waals surface area contributed by atoms with Gasteiger partial charge in [0.05, 0.1) is 13.5 Å². The van der Waals surface area contributed by atoms with Gasteiger partial charge in [-0.3, -0.25) is 4.79 Å². The first-order valence-electron chi connectivity index (χ1n) is 6.65. The Morgan fingerprint density at radius 1 is 1.37 bits per heavy atom. The van der Waals surface area contributed by atoms with Crippen LogP contribution in [0.3, 0.4) is 0 Å². The molecule has 4 heteroatoms. The fraction of sp³-hybridized carbons (Fsp3) is 0.533. The molecule has 0 fully saturated rings. The number of hydrogen-bond acceptors (Lipinski definition) is 4. The summed E-state index contributed by atoms with van der Waals surface area (Å²) in [5, 5.41) is 12.2. The van der Waals surface area contributed by atoms with Crippen LogP contribution >= 0.6 is 0 Å². The Bertz CT molecular complexity index is 393. The third kappa shape index (κ3) is 5.85. The van der Waals surface area contributed by atoms with Crippen LogP contribution in [0.1, 0.15) is 30.9 Å². The van der Waals surface area contributed by atoms with Gasteiger partial charge in [0.25, 0.3) is 0 Å². The molecule has 19 heavy (non-hydrogen) atoms. The fourth-order valence-electron chi connectivity index (χ4n) is 1.91. The average Bonchev–Trinajstić information content (AvgIpc) is 2.44. The minimum atomic E-state index is -0.222. The molecular formula is C15H23NO3. The second-order valence-corrected chi connectivity index (χ2v) is 4.67. The van der Waals surface area contributed by atoms with Crippen molar-refractivity contribution < 1.29 is 14.6 Å². The van der Waals surface area contributed by atoms with Crippen LogP contribution in [0.5, 0.6) is 0 Å². The normalized spacial score (nSPS) is 12.2. The Hall–Kier alpha value is -1.39. The smallest absolute Gasteiger partial charge is 0.309 e. The van der Waals surface area contributed by atoms with Crippen LogP contribution in [-0.2, 0) is 22.5 Å². The number of ether oxygens (including phenoxy) is 1. The van der Waals surface area contributed by atoms with Gasteiger partial charge in [0.15, 0.2) is 0 Å². The fourth-order valence-corrected chi connectivity index (χ4v) is 1.91. The zero-order valence-electron chi connectivity index (χ0n) is 11.7. The monoisotopic (exact) mass is 265 g/mol. The first-order chi connectivity index (χ1) is 9.17. The number of rotatable bonds is 8. The Labute approximate surface area is 114 Å². The zero-order valence-corrected chi connectivity index (χ0v) is 11.7. The maximum absolute atomic E-state index is 11.3. The molecule has 0 amide bonds. The Balaban J connectivity index is 2.55. The third-order valence-electron chi connectivity index (χ3n) is 3.12. The van der Waals surface area contributed by atoms with Crippen LogP contribution in [0.2, 0.25) is 0 Å². The lowest BCUT2D eigenvalue weighted by Gasteiger charge is -2.15. The second kappa shape index (κ2) is 8.67. The summed E-state index contributed by atoms with van der Waals surface area (Å²) in [6.45, 7) is 3.04. The SMILES string of the molecule is COC(=O)Cc1ccccc1CNC(C)CCCO. The number of benzene rings is 1. The highest BCUT2D eigenvalue weighted by Gasteiger charge is 2.08. The molecule has 1 atom stereocenters. The van der Waals surface area contributed by atoms with Crippen molar-refractivity contribution in [1.29, 1.82) is 0 Å². The van der Waals surface area contributed by atoms with Crippen molar-refractivity contribution in [2.45, 2.75) is 38.8 Å². The molecule has 4 nitrogen and oxygen atoms in total. The van der Waals surface area contributed by atoms with E-state index in [-0.39, 0.29) is 12.6 Å². The van der Waals surface area contributed by atoms with Crippen molar-refractivity contribution in [2.75, 3.05) is 13.7 Å². The summed E-state index contributed by atoms with van der Waals surface area (Å²) in [5.74, 6) is -0.222. The molecule has 0 spiro atoms. The first-order valence-corrected chi connectivity index (χ1v) is 6.65. The van der Waals surface area contributed by atoms with Gasteiger partial charge >= 0.3 is 5.97 Å². The molecule has 1 aromatic carbocycles. The Morgan fingerprint density at radius 2 is 2.05 bits per heavy atom. The van der Waals surface area contributed by atoms with Gasteiger partial charge in [-0.15, -0.1) is 0 Å². The molecule has 1 unspecified atom stereocenters. The number of hydrogen-bond donors (Lipinski definition) is 2. The summed E-state index contributed by atoms with van der Waals surface area (Å²) >= 11 is 0. The number of carbonyl (C=O) groups is 1. The van der Waals surface area contributed by atoms with Crippen molar-refractivity contribution in [2.24, 2.45) is 0 Å². The van der Waals surface area contributed by atoms with Crippen molar-refractivity contribution in [3.8, 4) is 0 Å². The Kier molecular flexibility index (Phi) is 7.15. The maximum Gasteiger partial charge on any atom is 0.309 e. The van der Waals surface area contributed by atoms with E-state index in [9.17, 15) is 4.79 Å². The van der Waals surface area contributed by atoms with E-state index in [1.54, 1.807) is 0 Å². The molecule has 0 bridgehead atoms. The van der Waals surface area contributed by atoms with Crippen LogP contribution in [0.25, 0.3) is 0 Å². The van der Waals surface area contributed by atoms with Gasteiger partial charge in [0, 0.05) is 19.2 Å². The van der Waals surface area contributed by atoms with E-state index in [1.807, 2.05) is 24.3 Å². The largest absolute Gasteiger partial charge is 0.469 e. The van der Waals surface area contributed by atoms with E-state index in [0.29, 0.717) is 12.5 Å². The van der Waals surface area contributed by atoms with Crippen LogP contribution in [0.4, 0.5) is 0 Å². The van der Waals surface area contributed by atoms with Gasteiger partial charge < -0.3 is 15.2 Å². The molecule has 0 aliphatic heterocycles. The van der Waals surface area contributed by atoms with Crippen molar-refractivity contribution in [1.82, 2.24) is 5.32 Å². The molecule has 1 aromatic rings. The highest BCUT2D eigenvalue weighted by Crippen LogP contribution is 2.11. The van der Waals surface area contributed by atoms with Crippen molar-refractivity contribution >= 4 is 5.97 Å². The van der Waals surface area contributed by atoms with Gasteiger partial charge in [-0.05, 0) is 30.9 Å². The van der Waals surface area contributed by atoms with E-state index >= 15 is 0 Å². The lowest BCUT2D eigenvalue weighted by Crippen LogP contribution is -2.26. The third-order valence-corrected chi connectivity index (χ3v) is 3.12. The van der Waals surface area contributed by atoms with E-state index < -0.39 is 0 Å². The van der Waals surface area contributed by atoms with Crippen molar-refractivity contribution in [3.63, 3.8) is 0 Å². The first kappa shape index (κ1) is 15.7. The van der Waals surface area contributed by atoms with Crippen LogP contribution in [0.15, 0.2) is 24.3 Å². The topological polar surface area (TPSA) is 58.6 Å². The van der Waals surface area contributed by atoms with Crippen molar-refractivity contribution in [3.05, 3.63) is 35.4 Å². The van der Waals surface area contributed by atoms with E-state index in [4.69, 9.17) is 9.84 Å². The minimum absolute atomic E-state index is 0.222. The maximum atomic E-state index is 11.3. The molecule has 0 saturated carbocycles. The zero-order chi connectivity index (χ0) is 14.1. The molecule has 0 aliphatic carbocycles. The quantitative estimate of drug-likeness (QED) is 0.702. The molecule has 2 N–H and O–H groups in total. The molecular weight excluding hydrogens is 242 g/mol. The minimum Gasteiger partial charge on any atom is -0.469 e. The predicted octanol–water partition coefficient (Wildman–Crippen LogP) is 1.65. The number of carbonyl (C=O) groups excluding carboxylic acids is 1. The number of aliphatic hydroxyl groups is 1. The molecule has 0 heterocycles. The summed E-state index contributed by atoms with van der Waals surface area (Å²) in [6.07, 6.45) is 2.05. The highest BCUT2D eigenvalue weighted by molar-refractivity contribution is 5.72. The number of esters is 1. The molecule has 1 rings (SSSR count). The molecule has 0 radical (unpaired) electrons. The summed E-state index contributed by atoms with van der Waals surface area (Å²) < 4.78 is 4.70. The Morgan fingerprint density at radius 3 is 2.68 bits per heavy atom. The summed E-state index contributed by atoms with van der Waals surface area (Å²) in [4.78, 5) is 11.3. The van der Waals surface area contributed by atoms with Crippen LogP contribution in [-0.4, -0.2) is 30.8 Å². The average molecular weight is 265 g/mol. The van der Waals surface area contributed by atoms with E-state index in [0.717, 1.165) is 30.5 Å². The highest BCUT2D eigenvalue weighted by atomic mass is 16.5. The summed E-state index contributed by atoms with van der Waals surface area (Å²) in [6, 6.07) is 8.21. The predicted molar refractivity (Wildman–Crippen MR) is 74.8 cm³/mol. The molecule has 106 valence electrons. The lowest BCUT2D eigenvalue weighted by atomic mass is 10.0. The standard InChI is InChI=1S/C15H23NO3/c1-12(6-5-9-17)16-11-14-8-4-3-7-13(14)10-15(18)19-2/h3-4,7-8,12,16-17H,5-6,9-11H2,1-2H3. The number of nitrogens with one attached hydrogen (secondary N) is 1. The lowest BCUT2D eigenvalue weighted by molar-refractivity contribution is -0.139. The van der Waals surface area contributed by atoms with Crippen LogP contribution < -0.4 is 5.32 Å². The van der Waals surface area contributed by atoms with Crippen LogP contribution in [0, 0.1) is 0 Å². The number of aliphatic hydroxyl groups excluding tert-OH is 1.